The van der Waals surface area contributed by atoms with Gasteiger partial charge in [-0.25, -0.2) is 0 Å². The highest BCUT2D eigenvalue weighted by atomic mass is 127. The van der Waals surface area contributed by atoms with Crippen LogP contribution in [0, 0.1) is 5.92 Å². The van der Waals surface area contributed by atoms with Crippen LogP contribution in [-0.4, -0.2) is 72.0 Å². The number of aliphatic imine (C=N–C) groups is 1. The third kappa shape index (κ3) is 8.35. The van der Waals surface area contributed by atoms with Crippen molar-refractivity contribution in [2.75, 3.05) is 52.1 Å². The molecule has 7 heteroatoms. The Balaban J connectivity index is 0.00000338. The fourth-order valence-corrected chi connectivity index (χ4v) is 4.14. The van der Waals surface area contributed by atoms with E-state index in [1.165, 1.54) is 6.54 Å². The molecular weight excluding hydrogens is 459 g/mol. The van der Waals surface area contributed by atoms with E-state index in [1.54, 1.807) is 0 Å². The van der Waals surface area contributed by atoms with E-state index in [2.05, 4.69) is 34.0 Å². The van der Waals surface area contributed by atoms with Crippen molar-refractivity contribution in [3.05, 3.63) is 35.9 Å². The van der Waals surface area contributed by atoms with Crippen LogP contribution in [0.25, 0.3) is 0 Å². The predicted octanol–water partition coefficient (Wildman–Crippen LogP) is 2.40. The molecule has 0 bridgehead atoms. The van der Waals surface area contributed by atoms with Gasteiger partial charge in [-0.3, -0.25) is 14.1 Å². The number of nitrogens with zero attached hydrogens (tertiary/aromatic N) is 3. The summed E-state index contributed by atoms with van der Waals surface area (Å²) in [7, 11) is 0.972. The molecule has 1 fully saturated rings. The lowest BCUT2D eigenvalue weighted by Crippen LogP contribution is -2.53. The summed E-state index contributed by atoms with van der Waals surface area (Å²) in [5, 5.41) is 3.38. The molecule has 0 radical (unpaired) electrons. The summed E-state index contributed by atoms with van der Waals surface area (Å²) in [5.74, 6) is 2.90. The van der Waals surface area contributed by atoms with Gasteiger partial charge < -0.3 is 10.2 Å². The van der Waals surface area contributed by atoms with E-state index < -0.39 is 10.8 Å². The maximum atomic E-state index is 12.2. The SMILES string of the molecule is CN=C(NCCS(=O)Cc1ccccc1)N1CCN(CC(C)C)CC1.I. The first kappa shape index (κ1) is 23.4. The van der Waals surface area contributed by atoms with Gasteiger partial charge in [0.1, 0.15) is 0 Å². The standard InChI is InChI=1S/C19H32N4OS.HI/c1-17(2)15-22-10-12-23(13-11-22)19(20-3)21-9-14-25(24)16-18-7-5-4-6-8-18;/h4-8,17H,9-16H2,1-3H3,(H,20,21);1H. The summed E-state index contributed by atoms with van der Waals surface area (Å²) in [6.45, 7) is 10.6. The van der Waals surface area contributed by atoms with Crippen LogP contribution in [-0.2, 0) is 16.6 Å². The highest BCUT2D eigenvalue weighted by Gasteiger charge is 2.19. The lowest BCUT2D eigenvalue weighted by Gasteiger charge is -2.37. The van der Waals surface area contributed by atoms with Gasteiger partial charge in [-0.1, -0.05) is 44.2 Å². The second-order valence-electron chi connectivity index (χ2n) is 6.93. The van der Waals surface area contributed by atoms with Crippen molar-refractivity contribution in [3.8, 4) is 0 Å². The van der Waals surface area contributed by atoms with Crippen molar-refractivity contribution in [1.82, 2.24) is 15.1 Å². The molecule has 1 atom stereocenters. The lowest BCUT2D eigenvalue weighted by molar-refractivity contribution is 0.164. The molecule has 1 saturated heterocycles. The summed E-state index contributed by atoms with van der Waals surface area (Å²) < 4.78 is 12.2. The Morgan fingerprint density at radius 1 is 1.19 bits per heavy atom. The first-order valence-electron chi connectivity index (χ1n) is 9.15. The Morgan fingerprint density at radius 3 is 2.42 bits per heavy atom. The summed E-state index contributed by atoms with van der Waals surface area (Å²) in [6.07, 6.45) is 0. The Labute approximate surface area is 178 Å². The molecule has 1 N–H and O–H groups in total. The minimum absolute atomic E-state index is 0. The number of nitrogens with one attached hydrogen (secondary N) is 1. The number of guanidine groups is 1. The highest BCUT2D eigenvalue weighted by Crippen LogP contribution is 2.06. The van der Waals surface area contributed by atoms with Gasteiger partial charge in [0.15, 0.2) is 5.96 Å². The third-order valence-corrected chi connectivity index (χ3v) is 5.61. The van der Waals surface area contributed by atoms with Crippen molar-refractivity contribution >= 4 is 40.7 Å². The largest absolute Gasteiger partial charge is 0.355 e. The molecule has 0 aromatic heterocycles. The highest BCUT2D eigenvalue weighted by molar-refractivity contribution is 14.0. The Morgan fingerprint density at radius 2 is 1.85 bits per heavy atom. The van der Waals surface area contributed by atoms with Crippen molar-refractivity contribution in [3.63, 3.8) is 0 Å². The molecular formula is C19H33IN4OS. The molecule has 1 heterocycles. The van der Waals surface area contributed by atoms with Gasteiger partial charge in [-0.05, 0) is 11.5 Å². The summed E-state index contributed by atoms with van der Waals surface area (Å²) >= 11 is 0. The molecule has 0 saturated carbocycles. The summed E-state index contributed by atoms with van der Waals surface area (Å²) in [6, 6.07) is 10.0. The van der Waals surface area contributed by atoms with E-state index in [9.17, 15) is 4.21 Å². The topological polar surface area (TPSA) is 47.9 Å². The van der Waals surface area contributed by atoms with Crippen LogP contribution in [0.15, 0.2) is 35.3 Å². The molecule has 148 valence electrons. The van der Waals surface area contributed by atoms with Gasteiger partial charge in [0.25, 0.3) is 0 Å². The van der Waals surface area contributed by atoms with Gasteiger partial charge in [0.2, 0.25) is 0 Å². The molecule has 1 aliphatic rings. The van der Waals surface area contributed by atoms with Crippen molar-refractivity contribution < 1.29 is 4.21 Å². The van der Waals surface area contributed by atoms with Crippen LogP contribution >= 0.6 is 24.0 Å². The van der Waals surface area contributed by atoms with Crippen molar-refractivity contribution in [1.29, 1.82) is 0 Å². The molecule has 0 amide bonds. The minimum Gasteiger partial charge on any atom is -0.355 e. The van der Waals surface area contributed by atoms with E-state index in [0.717, 1.165) is 37.7 Å². The number of halogens is 1. The van der Waals surface area contributed by atoms with Crippen LogP contribution in [0.5, 0.6) is 0 Å². The molecule has 5 nitrogen and oxygen atoms in total. The zero-order valence-electron chi connectivity index (χ0n) is 16.2. The van der Waals surface area contributed by atoms with E-state index in [4.69, 9.17) is 0 Å². The quantitative estimate of drug-likeness (QED) is 0.361. The Kier molecular flexibility index (Phi) is 11.4. The zero-order valence-corrected chi connectivity index (χ0v) is 19.3. The van der Waals surface area contributed by atoms with Crippen LogP contribution < -0.4 is 5.32 Å². The van der Waals surface area contributed by atoms with Crippen LogP contribution in [0.3, 0.4) is 0 Å². The monoisotopic (exact) mass is 492 g/mol. The number of piperazine rings is 1. The van der Waals surface area contributed by atoms with E-state index in [-0.39, 0.29) is 24.0 Å². The average Bonchev–Trinajstić information content (AvgIpc) is 2.60. The number of hydrogen-bond acceptors (Lipinski definition) is 3. The maximum Gasteiger partial charge on any atom is 0.193 e. The van der Waals surface area contributed by atoms with Gasteiger partial charge in [-0.2, -0.15) is 0 Å². The van der Waals surface area contributed by atoms with Crippen molar-refractivity contribution in [2.24, 2.45) is 10.9 Å². The first-order valence-corrected chi connectivity index (χ1v) is 10.6. The third-order valence-electron chi connectivity index (χ3n) is 4.29. The first-order chi connectivity index (χ1) is 12.1. The zero-order chi connectivity index (χ0) is 18.1. The molecule has 1 aromatic carbocycles. The summed E-state index contributed by atoms with van der Waals surface area (Å²) in [4.78, 5) is 9.21. The van der Waals surface area contributed by atoms with Crippen LogP contribution in [0.4, 0.5) is 0 Å². The Bertz CT molecular complexity index is 560. The molecule has 0 spiro atoms. The number of hydrogen-bond donors (Lipinski definition) is 1. The van der Waals surface area contributed by atoms with Crippen molar-refractivity contribution in [2.45, 2.75) is 19.6 Å². The fraction of sp³-hybridized carbons (Fsp3) is 0.632. The minimum atomic E-state index is -0.851. The van der Waals surface area contributed by atoms with Crippen LogP contribution in [0.1, 0.15) is 19.4 Å². The molecule has 2 rings (SSSR count). The average molecular weight is 492 g/mol. The number of rotatable bonds is 7. The summed E-state index contributed by atoms with van der Waals surface area (Å²) in [5.41, 5.74) is 1.13. The van der Waals surface area contributed by atoms with E-state index in [1.807, 2.05) is 37.4 Å². The molecule has 26 heavy (non-hydrogen) atoms. The van der Waals surface area contributed by atoms with Gasteiger partial charge in [0, 0.05) is 68.6 Å². The van der Waals surface area contributed by atoms with Crippen LogP contribution in [0.2, 0.25) is 0 Å². The Hall–Kier alpha value is -0.670. The second kappa shape index (κ2) is 12.7. The smallest absolute Gasteiger partial charge is 0.193 e. The molecule has 1 aliphatic heterocycles. The second-order valence-corrected chi connectivity index (χ2v) is 8.51. The number of benzene rings is 1. The van der Waals surface area contributed by atoms with E-state index >= 15 is 0 Å². The van der Waals surface area contributed by atoms with Gasteiger partial charge in [0.05, 0.1) is 0 Å². The molecule has 1 unspecified atom stereocenters. The van der Waals surface area contributed by atoms with E-state index in [0.29, 0.717) is 24.0 Å². The molecule has 0 aliphatic carbocycles. The normalized spacial score (nSPS) is 17.1. The van der Waals surface area contributed by atoms with Gasteiger partial charge >= 0.3 is 0 Å². The predicted molar refractivity (Wildman–Crippen MR) is 123 cm³/mol. The lowest BCUT2D eigenvalue weighted by atomic mass is 10.2. The maximum absolute atomic E-state index is 12.2. The van der Waals surface area contributed by atoms with Gasteiger partial charge in [-0.15, -0.1) is 24.0 Å². The fourth-order valence-electron chi connectivity index (χ4n) is 3.10. The molecule has 1 aromatic rings.